The zero-order valence-electron chi connectivity index (χ0n) is 17.9. The number of rotatable bonds is 4. The van der Waals surface area contributed by atoms with Crippen molar-refractivity contribution in [3.05, 3.63) is 88.4 Å². The van der Waals surface area contributed by atoms with Gasteiger partial charge >= 0.3 is 0 Å². The first-order valence-electron chi connectivity index (χ1n) is 10.9. The second-order valence-corrected chi connectivity index (χ2v) is 9.63. The van der Waals surface area contributed by atoms with Crippen LogP contribution in [-0.2, 0) is 9.53 Å². The van der Waals surface area contributed by atoms with E-state index in [2.05, 4.69) is 17.4 Å². The molecule has 5 rings (SSSR count). The molecule has 3 aromatic rings. The summed E-state index contributed by atoms with van der Waals surface area (Å²) in [4.78, 5) is 30.0. The van der Waals surface area contributed by atoms with Crippen molar-refractivity contribution in [2.75, 3.05) is 31.6 Å². The lowest BCUT2D eigenvalue weighted by molar-refractivity contribution is -0.116. The first kappa shape index (κ1) is 22.0. The smallest absolute Gasteiger partial charge is 0.254 e. The molecule has 5 nitrogen and oxygen atoms in total. The van der Waals surface area contributed by atoms with Gasteiger partial charge in [-0.25, -0.2) is 0 Å². The van der Waals surface area contributed by atoms with Gasteiger partial charge in [0, 0.05) is 51.5 Å². The molecule has 0 aliphatic carbocycles. The number of ether oxygens (including phenoxy) is 1. The highest BCUT2D eigenvalue weighted by Crippen LogP contribution is 2.47. The Morgan fingerprint density at radius 2 is 1.76 bits per heavy atom. The molecule has 7 heteroatoms. The fraction of sp³-hybridized carbons (Fsp3) is 0.231. The molecule has 1 N–H and O–H groups in total. The second-order valence-electron chi connectivity index (χ2n) is 8.11. The van der Waals surface area contributed by atoms with Crippen molar-refractivity contribution < 1.29 is 14.3 Å². The van der Waals surface area contributed by atoms with Gasteiger partial charge in [-0.15, -0.1) is 0 Å². The van der Waals surface area contributed by atoms with Crippen LogP contribution in [0.1, 0.15) is 33.8 Å². The number of carbonyl (C=O) groups excluding carboxylic acids is 2. The molecule has 168 valence electrons. The number of nitrogens with one attached hydrogen (secondary N) is 1. The fourth-order valence-electron chi connectivity index (χ4n) is 4.33. The number of carbonyl (C=O) groups is 2. The monoisotopic (exact) mass is 478 g/mol. The van der Waals surface area contributed by atoms with Crippen LogP contribution >= 0.6 is 23.4 Å². The topological polar surface area (TPSA) is 58.6 Å². The zero-order valence-corrected chi connectivity index (χ0v) is 19.5. The second kappa shape index (κ2) is 9.59. The van der Waals surface area contributed by atoms with Gasteiger partial charge in [0.05, 0.1) is 13.2 Å². The number of hydrogen-bond acceptors (Lipinski definition) is 4. The van der Waals surface area contributed by atoms with Gasteiger partial charge in [-0.3, -0.25) is 9.59 Å². The van der Waals surface area contributed by atoms with Crippen LogP contribution in [-0.4, -0.2) is 43.0 Å². The number of amides is 2. The highest BCUT2D eigenvalue weighted by atomic mass is 35.5. The van der Waals surface area contributed by atoms with E-state index in [1.807, 2.05) is 36.4 Å². The Morgan fingerprint density at radius 3 is 2.61 bits per heavy atom. The van der Waals surface area contributed by atoms with Gasteiger partial charge in [-0.05, 0) is 53.6 Å². The average molecular weight is 479 g/mol. The molecular formula is C26H23ClN2O3S. The highest BCUT2D eigenvalue weighted by molar-refractivity contribution is 7.99. The van der Waals surface area contributed by atoms with Crippen molar-refractivity contribution in [3.8, 4) is 0 Å². The van der Waals surface area contributed by atoms with E-state index in [0.29, 0.717) is 42.6 Å². The lowest BCUT2D eigenvalue weighted by atomic mass is 9.87. The summed E-state index contributed by atoms with van der Waals surface area (Å²) < 4.78 is 5.33. The van der Waals surface area contributed by atoms with Crippen molar-refractivity contribution >= 4 is 40.9 Å². The van der Waals surface area contributed by atoms with E-state index in [1.165, 1.54) is 0 Å². The third-order valence-electron chi connectivity index (χ3n) is 5.94. The van der Waals surface area contributed by atoms with Crippen LogP contribution in [0.4, 0.5) is 5.69 Å². The average Bonchev–Trinajstić information content (AvgIpc) is 2.84. The molecule has 0 spiro atoms. The van der Waals surface area contributed by atoms with E-state index >= 15 is 0 Å². The molecule has 0 bridgehead atoms. The normalized spacial score (nSPS) is 17.1. The summed E-state index contributed by atoms with van der Waals surface area (Å²) in [5, 5.41) is 3.65. The van der Waals surface area contributed by atoms with Gasteiger partial charge < -0.3 is 15.0 Å². The predicted molar refractivity (Wildman–Crippen MR) is 130 cm³/mol. The molecular weight excluding hydrogens is 456 g/mol. The Balaban J connectivity index is 1.35. The van der Waals surface area contributed by atoms with Crippen molar-refractivity contribution in [2.24, 2.45) is 0 Å². The van der Waals surface area contributed by atoms with Gasteiger partial charge in [0.15, 0.2) is 0 Å². The van der Waals surface area contributed by atoms with Crippen LogP contribution in [0.5, 0.6) is 0 Å². The third-order valence-corrected chi connectivity index (χ3v) is 7.36. The van der Waals surface area contributed by atoms with E-state index < -0.39 is 0 Å². The van der Waals surface area contributed by atoms with Gasteiger partial charge in [0.2, 0.25) is 5.91 Å². The van der Waals surface area contributed by atoms with Crippen LogP contribution in [0.15, 0.2) is 76.5 Å². The Bertz CT molecular complexity index is 1210. The Kier molecular flexibility index (Phi) is 6.40. The number of fused-ring (bicyclic) bond motifs is 2. The summed E-state index contributed by atoms with van der Waals surface area (Å²) in [5.41, 5.74) is 3.37. The van der Waals surface area contributed by atoms with E-state index in [-0.39, 0.29) is 24.2 Å². The van der Waals surface area contributed by atoms with Crippen LogP contribution in [0, 0.1) is 0 Å². The fourth-order valence-corrected chi connectivity index (χ4v) is 5.68. The first-order chi connectivity index (χ1) is 16.1. The molecule has 33 heavy (non-hydrogen) atoms. The number of anilines is 1. The molecule has 1 fully saturated rings. The van der Waals surface area contributed by atoms with Crippen molar-refractivity contribution in [3.63, 3.8) is 0 Å². The third kappa shape index (κ3) is 4.78. The molecule has 3 aromatic carbocycles. The molecule has 1 atom stereocenters. The molecule has 1 saturated heterocycles. The molecule has 0 aromatic heterocycles. The van der Waals surface area contributed by atoms with Crippen LogP contribution in [0.2, 0.25) is 5.02 Å². The maximum absolute atomic E-state index is 13.1. The standard InChI is InChI=1S/C26H23ClN2O3S/c27-18-8-9-24-22(15-18)21(20-6-1-2-7-23(20)33-24)16-25(30)28-19-5-3-4-17(14-19)26(31)29-10-12-32-13-11-29/h1-9,14-15,21H,10-13,16H2,(H,28,30)/t21-/m1/s1. The summed E-state index contributed by atoms with van der Waals surface area (Å²) in [5.74, 6) is -0.242. The minimum Gasteiger partial charge on any atom is -0.378 e. The lowest BCUT2D eigenvalue weighted by Gasteiger charge is -2.28. The largest absolute Gasteiger partial charge is 0.378 e. The van der Waals surface area contributed by atoms with Crippen molar-refractivity contribution in [1.82, 2.24) is 4.90 Å². The number of halogens is 1. The summed E-state index contributed by atoms with van der Waals surface area (Å²) >= 11 is 8.00. The van der Waals surface area contributed by atoms with E-state index in [9.17, 15) is 9.59 Å². The summed E-state index contributed by atoms with van der Waals surface area (Å²) in [6.45, 7) is 2.26. The molecule has 2 aliphatic heterocycles. The number of hydrogen-bond donors (Lipinski definition) is 1. The van der Waals surface area contributed by atoms with E-state index in [0.717, 1.165) is 20.9 Å². The molecule has 2 heterocycles. The SMILES string of the molecule is O=C(C[C@@H]1c2ccccc2Sc2ccc(Cl)cc21)Nc1cccc(C(=O)N2CCOCC2)c1. The Hall–Kier alpha value is -2.80. The van der Waals surface area contributed by atoms with Crippen molar-refractivity contribution in [2.45, 2.75) is 22.1 Å². The lowest BCUT2D eigenvalue weighted by Crippen LogP contribution is -2.40. The molecule has 0 radical (unpaired) electrons. The van der Waals surface area contributed by atoms with E-state index in [1.54, 1.807) is 34.9 Å². The summed E-state index contributed by atoms with van der Waals surface area (Å²) in [7, 11) is 0. The van der Waals surface area contributed by atoms with Crippen LogP contribution in [0.25, 0.3) is 0 Å². The maximum Gasteiger partial charge on any atom is 0.254 e. The molecule has 0 unspecified atom stereocenters. The molecule has 0 saturated carbocycles. The minimum atomic E-state index is -0.108. The Morgan fingerprint density at radius 1 is 0.970 bits per heavy atom. The summed E-state index contributed by atoms with van der Waals surface area (Å²) in [6.07, 6.45) is 0.284. The highest BCUT2D eigenvalue weighted by Gasteiger charge is 2.28. The predicted octanol–water partition coefficient (Wildman–Crippen LogP) is 5.44. The van der Waals surface area contributed by atoms with Crippen LogP contribution in [0.3, 0.4) is 0 Å². The van der Waals surface area contributed by atoms with Gasteiger partial charge in [-0.1, -0.05) is 47.6 Å². The quantitative estimate of drug-likeness (QED) is 0.542. The van der Waals surface area contributed by atoms with Gasteiger partial charge in [-0.2, -0.15) is 0 Å². The maximum atomic E-state index is 13.1. The summed E-state index contributed by atoms with van der Waals surface area (Å²) in [6, 6.07) is 21.2. The Labute approximate surface area is 202 Å². The van der Waals surface area contributed by atoms with Gasteiger partial charge in [0.1, 0.15) is 0 Å². The van der Waals surface area contributed by atoms with Crippen LogP contribution < -0.4 is 5.32 Å². The van der Waals surface area contributed by atoms with Gasteiger partial charge in [0.25, 0.3) is 5.91 Å². The number of benzene rings is 3. The number of morpholine rings is 1. The zero-order chi connectivity index (χ0) is 22.8. The molecule has 2 amide bonds. The first-order valence-corrected chi connectivity index (χ1v) is 12.1. The number of nitrogens with zero attached hydrogens (tertiary/aromatic N) is 1. The van der Waals surface area contributed by atoms with E-state index in [4.69, 9.17) is 16.3 Å². The minimum absolute atomic E-state index is 0.0452. The van der Waals surface area contributed by atoms with Crippen molar-refractivity contribution in [1.29, 1.82) is 0 Å². The molecule has 2 aliphatic rings.